The second-order valence-corrected chi connectivity index (χ2v) is 9.09. The van der Waals surface area contributed by atoms with Gasteiger partial charge >= 0.3 is 12.1 Å². The van der Waals surface area contributed by atoms with Crippen LogP contribution >= 0.6 is 0 Å². The second-order valence-electron chi connectivity index (χ2n) is 9.09. The number of urea groups is 2. The van der Waals surface area contributed by atoms with Gasteiger partial charge in [0, 0.05) is 24.5 Å². The molecule has 0 saturated carbocycles. The first-order valence-electron chi connectivity index (χ1n) is 13.7. The van der Waals surface area contributed by atoms with Crippen LogP contribution in [0, 0.1) is 0 Å². The summed E-state index contributed by atoms with van der Waals surface area (Å²) in [4.78, 5) is 29.0. The van der Waals surface area contributed by atoms with Crippen LogP contribution in [0.1, 0.15) is 51.7 Å². The summed E-state index contributed by atoms with van der Waals surface area (Å²) in [5, 5.41) is 11.6. The molecule has 0 fully saturated rings. The first kappa shape index (κ1) is 30.1. The number of amides is 4. The summed E-state index contributed by atoms with van der Waals surface area (Å²) in [6.45, 7) is 16.0. The Labute approximate surface area is 223 Å². The molecular weight excluding hydrogens is 464 g/mol. The molecule has 0 radical (unpaired) electrons. The topological polar surface area (TPSA) is 88.7 Å². The smallest absolute Gasteiger partial charge is 0.319 e. The van der Waals surface area contributed by atoms with Crippen LogP contribution in [0.3, 0.4) is 0 Å². The summed E-state index contributed by atoms with van der Waals surface area (Å²) in [6, 6.07) is 15.4. The monoisotopic (exact) mass is 510 g/mol. The van der Waals surface area contributed by atoms with Gasteiger partial charge in [-0.15, -0.1) is 0 Å². The highest BCUT2D eigenvalue weighted by atomic mass is 16.2. The summed E-state index contributed by atoms with van der Waals surface area (Å²) in [7, 11) is 0. The summed E-state index contributed by atoms with van der Waals surface area (Å²) in [5.41, 5.74) is 3.84. The lowest BCUT2D eigenvalue weighted by Gasteiger charge is -2.17. The molecule has 0 bridgehead atoms. The average Bonchev–Trinajstić information content (AvgIpc) is 2.91. The van der Waals surface area contributed by atoms with E-state index in [1.807, 2.05) is 48.5 Å². The third-order valence-electron chi connectivity index (χ3n) is 6.49. The maximum atomic E-state index is 12.1. The van der Waals surface area contributed by atoms with Crippen molar-refractivity contribution in [3.63, 3.8) is 0 Å². The highest BCUT2D eigenvalue weighted by molar-refractivity contribution is 5.89. The summed E-state index contributed by atoms with van der Waals surface area (Å²) >= 11 is 0. The zero-order chi connectivity index (χ0) is 26.9. The van der Waals surface area contributed by atoms with Crippen molar-refractivity contribution in [1.82, 2.24) is 20.4 Å². The molecule has 0 heterocycles. The highest BCUT2D eigenvalue weighted by Gasteiger charge is 2.05. The molecule has 4 amide bonds. The normalized spacial score (nSPS) is 11.0. The van der Waals surface area contributed by atoms with E-state index in [0.29, 0.717) is 13.1 Å². The van der Waals surface area contributed by atoms with Crippen molar-refractivity contribution < 1.29 is 9.59 Å². The van der Waals surface area contributed by atoms with Gasteiger partial charge < -0.3 is 31.1 Å². The fourth-order valence-corrected chi connectivity index (χ4v) is 4.09. The quantitative estimate of drug-likeness (QED) is 0.240. The summed E-state index contributed by atoms with van der Waals surface area (Å²) < 4.78 is 0. The Bertz CT molecular complexity index is 833. The SMILES string of the molecule is CCN(CC)CCCNC(=O)Nc1ccc(Cc2ccc(NC(=O)NCCCN(CC)CC)cc2)cc1. The predicted octanol–water partition coefficient (Wildman–Crippen LogP) is 4.98. The molecule has 204 valence electrons. The van der Waals surface area contributed by atoms with Crippen molar-refractivity contribution in [2.24, 2.45) is 0 Å². The molecule has 0 saturated heterocycles. The lowest BCUT2D eigenvalue weighted by molar-refractivity contribution is 0.249. The largest absolute Gasteiger partial charge is 0.338 e. The number of carbonyl (C=O) groups excluding carboxylic acids is 2. The van der Waals surface area contributed by atoms with E-state index in [1.165, 1.54) is 0 Å². The fourth-order valence-electron chi connectivity index (χ4n) is 4.09. The minimum Gasteiger partial charge on any atom is -0.338 e. The standard InChI is InChI=1S/C29H46N6O2/c1-5-34(6-2)21-9-19-30-28(36)32-26-15-11-24(12-16-26)23-25-13-17-27(18-14-25)33-29(37)31-20-10-22-35(7-3)8-4/h11-18H,5-10,19-23H2,1-4H3,(H2,30,32,36)(H2,31,33,37). The van der Waals surface area contributed by atoms with Crippen LogP contribution in [0.25, 0.3) is 0 Å². The van der Waals surface area contributed by atoms with Gasteiger partial charge in [0.15, 0.2) is 0 Å². The van der Waals surface area contributed by atoms with E-state index in [0.717, 1.165) is 81.0 Å². The van der Waals surface area contributed by atoms with E-state index in [1.54, 1.807) is 0 Å². The van der Waals surface area contributed by atoms with Crippen LogP contribution in [-0.2, 0) is 6.42 Å². The molecule has 2 aromatic rings. The zero-order valence-electron chi connectivity index (χ0n) is 23.1. The number of benzene rings is 2. The fraction of sp³-hybridized carbons (Fsp3) is 0.517. The minimum atomic E-state index is -0.177. The number of hydrogen-bond donors (Lipinski definition) is 4. The van der Waals surface area contributed by atoms with Gasteiger partial charge in [-0.05, 0) is 93.9 Å². The van der Waals surface area contributed by atoms with Crippen molar-refractivity contribution in [2.45, 2.75) is 47.0 Å². The Kier molecular flexibility index (Phi) is 14.1. The van der Waals surface area contributed by atoms with Crippen LogP contribution in [0.5, 0.6) is 0 Å². The second kappa shape index (κ2) is 17.4. The van der Waals surface area contributed by atoms with E-state index in [4.69, 9.17) is 0 Å². The molecule has 0 unspecified atom stereocenters. The average molecular weight is 511 g/mol. The van der Waals surface area contributed by atoms with Gasteiger partial charge in [0.2, 0.25) is 0 Å². The molecule has 2 rings (SSSR count). The van der Waals surface area contributed by atoms with E-state index >= 15 is 0 Å². The van der Waals surface area contributed by atoms with Gasteiger partial charge in [0.25, 0.3) is 0 Å². The molecule has 0 aliphatic heterocycles. The van der Waals surface area contributed by atoms with Crippen molar-refractivity contribution in [3.8, 4) is 0 Å². The molecule has 0 spiro atoms. The predicted molar refractivity (Wildman–Crippen MR) is 155 cm³/mol. The van der Waals surface area contributed by atoms with Gasteiger partial charge in [-0.25, -0.2) is 9.59 Å². The Hall–Kier alpha value is -3.10. The van der Waals surface area contributed by atoms with Crippen LogP contribution in [0.2, 0.25) is 0 Å². The molecule has 4 N–H and O–H groups in total. The third-order valence-corrected chi connectivity index (χ3v) is 6.49. The van der Waals surface area contributed by atoms with Crippen molar-refractivity contribution in [1.29, 1.82) is 0 Å². The van der Waals surface area contributed by atoms with Gasteiger partial charge in [0.1, 0.15) is 0 Å². The lowest BCUT2D eigenvalue weighted by Crippen LogP contribution is -2.32. The van der Waals surface area contributed by atoms with E-state index in [2.05, 4.69) is 58.8 Å². The molecular formula is C29H46N6O2. The molecule has 0 aliphatic rings. The maximum Gasteiger partial charge on any atom is 0.319 e. The first-order chi connectivity index (χ1) is 18.0. The Balaban J connectivity index is 1.70. The summed E-state index contributed by atoms with van der Waals surface area (Å²) in [6.07, 6.45) is 2.64. The van der Waals surface area contributed by atoms with Crippen LogP contribution in [0.15, 0.2) is 48.5 Å². The summed E-state index contributed by atoms with van der Waals surface area (Å²) in [5.74, 6) is 0. The molecule has 37 heavy (non-hydrogen) atoms. The maximum absolute atomic E-state index is 12.1. The van der Waals surface area contributed by atoms with Gasteiger partial charge in [-0.3, -0.25) is 0 Å². The lowest BCUT2D eigenvalue weighted by atomic mass is 10.0. The first-order valence-corrected chi connectivity index (χ1v) is 13.7. The molecule has 2 aromatic carbocycles. The Morgan fingerprint density at radius 2 is 0.946 bits per heavy atom. The highest BCUT2D eigenvalue weighted by Crippen LogP contribution is 2.16. The van der Waals surface area contributed by atoms with Gasteiger partial charge in [-0.1, -0.05) is 52.0 Å². The Morgan fingerprint density at radius 3 is 1.27 bits per heavy atom. The zero-order valence-corrected chi connectivity index (χ0v) is 23.1. The number of anilines is 2. The molecule has 8 heteroatoms. The van der Waals surface area contributed by atoms with Crippen molar-refractivity contribution in [3.05, 3.63) is 59.7 Å². The van der Waals surface area contributed by atoms with Gasteiger partial charge in [-0.2, -0.15) is 0 Å². The molecule has 0 aromatic heterocycles. The third kappa shape index (κ3) is 12.1. The number of rotatable bonds is 16. The van der Waals surface area contributed by atoms with Crippen molar-refractivity contribution >= 4 is 23.4 Å². The molecule has 0 atom stereocenters. The molecule has 8 nitrogen and oxygen atoms in total. The molecule has 0 aliphatic carbocycles. The number of hydrogen-bond acceptors (Lipinski definition) is 4. The minimum absolute atomic E-state index is 0.177. The number of carbonyl (C=O) groups is 2. The van der Waals surface area contributed by atoms with Crippen LogP contribution in [-0.4, -0.2) is 74.2 Å². The van der Waals surface area contributed by atoms with E-state index in [-0.39, 0.29) is 12.1 Å². The van der Waals surface area contributed by atoms with E-state index in [9.17, 15) is 9.59 Å². The number of nitrogens with one attached hydrogen (secondary N) is 4. The van der Waals surface area contributed by atoms with Gasteiger partial charge in [0.05, 0.1) is 0 Å². The van der Waals surface area contributed by atoms with Crippen LogP contribution in [0.4, 0.5) is 21.0 Å². The number of nitrogens with zero attached hydrogens (tertiary/aromatic N) is 2. The van der Waals surface area contributed by atoms with Crippen LogP contribution < -0.4 is 21.3 Å². The van der Waals surface area contributed by atoms with E-state index < -0.39 is 0 Å². The Morgan fingerprint density at radius 1 is 0.595 bits per heavy atom. The van der Waals surface area contributed by atoms with Crippen molar-refractivity contribution in [2.75, 3.05) is 63.0 Å².